The van der Waals surface area contributed by atoms with Crippen molar-refractivity contribution in [1.82, 2.24) is 0 Å². The van der Waals surface area contributed by atoms with Crippen molar-refractivity contribution in [2.75, 3.05) is 0 Å². The minimum absolute atomic E-state index is 0.750. The van der Waals surface area contributed by atoms with E-state index in [9.17, 15) is 0 Å². The van der Waals surface area contributed by atoms with E-state index in [4.69, 9.17) is 10.2 Å². The smallest absolute Gasteiger partial charge is 0.222 e. The summed E-state index contributed by atoms with van der Waals surface area (Å²) in [7, 11) is 0. The topological polar surface area (TPSA) is 40.9 Å². The first-order chi connectivity index (χ1) is 2.41. The van der Waals surface area contributed by atoms with Gasteiger partial charge in [-0.05, 0) is 0 Å². The van der Waals surface area contributed by atoms with Crippen molar-refractivity contribution in [2.45, 2.75) is 0 Å². The molecule has 0 aliphatic rings. The first kappa shape index (κ1) is 8.92. The Hall–Kier alpha value is -0.880. The molecular formula is C3H5NO. The summed E-state index contributed by atoms with van der Waals surface area (Å²) in [4.78, 5) is 8.35. The highest BCUT2D eigenvalue weighted by molar-refractivity contribution is 5.26. The molecule has 0 spiro atoms. The predicted octanol–water partition coefficient (Wildman–Crippen LogP) is 0.703. The van der Waals surface area contributed by atoms with Gasteiger partial charge in [-0.1, -0.05) is 0 Å². The summed E-state index contributed by atoms with van der Waals surface area (Å²) in [5.41, 5.74) is 0. The van der Waals surface area contributed by atoms with Gasteiger partial charge in [0.2, 0.25) is 6.08 Å². The number of carbonyl (C=O) groups excluding carboxylic acids is 1. The zero-order valence-electron chi connectivity index (χ0n) is 2.82. The largest absolute Gasteiger partial charge is 0.231 e. The normalized spacial score (nSPS) is 2.40. The number of hydrogen-bond donors (Lipinski definition) is 1. The Kier molecular flexibility index (Phi) is 1740. The van der Waals surface area contributed by atoms with Crippen LogP contribution in [0.2, 0.25) is 0 Å². The number of nitrogens with one attached hydrogen (secondary N) is 1. The Labute approximate surface area is 30.6 Å². The van der Waals surface area contributed by atoms with E-state index in [-0.39, 0.29) is 0 Å². The fraction of sp³-hybridized carbons (Fsp3) is 0. The van der Waals surface area contributed by atoms with Crippen LogP contribution in [0.4, 0.5) is 0 Å². The third kappa shape index (κ3) is 5.05. The summed E-state index contributed by atoms with van der Waals surface area (Å²) in [6.45, 7) is 6.00. The lowest BCUT2D eigenvalue weighted by atomic mass is 11.3. The van der Waals surface area contributed by atoms with E-state index in [0.29, 0.717) is 0 Å². The molecule has 2 heteroatoms. The first-order valence-corrected chi connectivity index (χ1v) is 0.954. The van der Waals surface area contributed by atoms with E-state index in [2.05, 4.69) is 13.2 Å². The molecule has 0 saturated carbocycles. The van der Waals surface area contributed by atoms with Crippen LogP contribution < -0.4 is 0 Å². The van der Waals surface area contributed by atoms with E-state index in [1.54, 1.807) is 0 Å². The summed E-state index contributed by atoms with van der Waals surface area (Å²) in [6, 6.07) is 0. The second kappa shape index (κ2) is 974. The molecule has 0 aromatic heterocycles. The van der Waals surface area contributed by atoms with Crippen molar-refractivity contribution in [3.63, 3.8) is 0 Å². The minimum Gasteiger partial charge on any atom is -0.222 e. The highest BCUT2D eigenvalue weighted by Gasteiger charge is 1.03. The molecule has 5 heavy (non-hydrogen) atoms. The average Bonchev–Trinajstić information content (AvgIpc) is 1.46. The van der Waals surface area contributed by atoms with Gasteiger partial charge in [0.05, 0.1) is 0 Å². The van der Waals surface area contributed by atoms with Gasteiger partial charge in [-0.15, -0.1) is 13.2 Å². The predicted molar refractivity (Wildman–Crippen MR) is 19.7 cm³/mol. The van der Waals surface area contributed by atoms with E-state index in [0.717, 1.165) is 6.08 Å². The van der Waals surface area contributed by atoms with E-state index < -0.39 is 0 Å². The van der Waals surface area contributed by atoms with Gasteiger partial charge in [-0.25, -0.2) is 10.2 Å². The summed E-state index contributed by atoms with van der Waals surface area (Å²) in [5, 5.41) is 5.40. The zero-order chi connectivity index (χ0) is 4.71. The Morgan fingerprint density at radius 1 is 1.60 bits per heavy atom. The average molecular weight is 71.1 g/mol. The molecule has 28 valence electrons. The molecule has 0 atom stereocenters. The summed E-state index contributed by atoms with van der Waals surface area (Å²) < 4.78 is 0. The minimum atomic E-state index is 0.750. The SMILES string of the molecule is C=C.N=C=O. The van der Waals surface area contributed by atoms with Crippen LogP contribution in [0.1, 0.15) is 0 Å². The molecule has 0 heterocycles. The zero-order valence-corrected chi connectivity index (χ0v) is 2.82. The van der Waals surface area contributed by atoms with E-state index >= 15 is 0 Å². The number of rotatable bonds is 0. The first-order valence-electron chi connectivity index (χ1n) is 0.954. The molecule has 0 rings (SSSR count). The van der Waals surface area contributed by atoms with Crippen molar-refractivity contribution in [3.8, 4) is 0 Å². The maximum Gasteiger partial charge on any atom is 0.231 e. The highest BCUT2D eigenvalue weighted by atomic mass is 16.1. The molecule has 0 aromatic carbocycles. The van der Waals surface area contributed by atoms with Crippen LogP contribution in [0, 0.1) is 5.41 Å². The van der Waals surface area contributed by atoms with Crippen molar-refractivity contribution in [1.29, 1.82) is 5.41 Å². The lowest BCUT2D eigenvalue weighted by molar-refractivity contribution is 0.563. The molecule has 0 aromatic rings. The molecule has 0 aliphatic carbocycles. The number of hydrogen-bond acceptors (Lipinski definition) is 2. The number of isocyanates is 1. The Bertz CT molecular complexity index is 36.2. The van der Waals surface area contributed by atoms with Crippen LogP contribution in [0.5, 0.6) is 0 Å². The maximum absolute atomic E-state index is 8.35. The second-order valence-corrected chi connectivity index (χ2v) is 0.102. The Morgan fingerprint density at radius 2 is 1.60 bits per heavy atom. The molecule has 0 saturated heterocycles. The summed E-state index contributed by atoms with van der Waals surface area (Å²) >= 11 is 0. The van der Waals surface area contributed by atoms with Gasteiger partial charge in [0.1, 0.15) is 0 Å². The fourth-order valence-corrected chi connectivity index (χ4v) is 0. The van der Waals surface area contributed by atoms with E-state index in [1.807, 2.05) is 0 Å². The van der Waals surface area contributed by atoms with E-state index in [1.165, 1.54) is 0 Å². The summed E-state index contributed by atoms with van der Waals surface area (Å²) in [6.07, 6.45) is 0.750. The molecule has 0 fully saturated rings. The third-order valence-corrected chi connectivity index (χ3v) is 0. The van der Waals surface area contributed by atoms with Gasteiger partial charge in [-0.2, -0.15) is 0 Å². The van der Waals surface area contributed by atoms with Gasteiger partial charge in [0, 0.05) is 0 Å². The van der Waals surface area contributed by atoms with Crippen LogP contribution in [-0.4, -0.2) is 6.08 Å². The third-order valence-electron chi connectivity index (χ3n) is 0. The molecule has 0 aliphatic heterocycles. The van der Waals surface area contributed by atoms with Gasteiger partial charge < -0.3 is 0 Å². The van der Waals surface area contributed by atoms with Crippen molar-refractivity contribution in [2.24, 2.45) is 0 Å². The van der Waals surface area contributed by atoms with Crippen molar-refractivity contribution < 1.29 is 4.79 Å². The second-order valence-electron chi connectivity index (χ2n) is 0.102. The van der Waals surface area contributed by atoms with Gasteiger partial charge >= 0.3 is 0 Å². The lowest BCUT2D eigenvalue weighted by Gasteiger charge is -1.02. The van der Waals surface area contributed by atoms with Crippen LogP contribution in [0.25, 0.3) is 0 Å². The van der Waals surface area contributed by atoms with Crippen LogP contribution in [-0.2, 0) is 4.79 Å². The molecule has 0 unspecified atom stereocenters. The molecule has 0 amide bonds. The quantitative estimate of drug-likeness (QED) is 0.255. The Morgan fingerprint density at radius 3 is 1.60 bits per heavy atom. The molecular weight excluding hydrogens is 66.0 g/mol. The molecule has 0 bridgehead atoms. The molecule has 0 radical (unpaired) electrons. The Balaban J connectivity index is 0. The fourth-order valence-electron chi connectivity index (χ4n) is 0. The standard InChI is InChI=1S/C2H4.CHNO/c1-2;2-1-3/h1-2H2;2H. The van der Waals surface area contributed by atoms with Gasteiger partial charge in [-0.3, -0.25) is 0 Å². The van der Waals surface area contributed by atoms with Crippen LogP contribution >= 0.6 is 0 Å². The molecule has 1 N–H and O–H groups in total. The lowest BCUT2D eigenvalue weighted by Crippen LogP contribution is -1.16. The summed E-state index contributed by atoms with van der Waals surface area (Å²) in [5.74, 6) is 0. The molecule has 2 nitrogen and oxygen atoms in total. The highest BCUT2D eigenvalue weighted by Crippen LogP contribution is 0.869. The maximum atomic E-state index is 8.35. The van der Waals surface area contributed by atoms with Gasteiger partial charge in [0.15, 0.2) is 0 Å². The van der Waals surface area contributed by atoms with Crippen LogP contribution in [0.3, 0.4) is 0 Å². The van der Waals surface area contributed by atoms with Crippen LogP contribution in [0.15, 0.2) is 13.2 Å². The van der Waals surface area contributed by atoms with Gasteiger partial charge in [0.25, 0.3) is 0 Å². The monoisotopic (exact) mass is 71.0 g/mol. The van der Waals surface area contributed by atoms with Crippen molar-refractivity contribution >= 4 is 6.08 Å². The van der Waals surface area contributed by atoms with Crippen molar-refractivity contribution in [3.05, 3.63) is 13.2 Å².